The summed E-state index contributed by atoms with van der Waals surface area (Å²) in [7, 11) is -10.7. The summed E-state index contributed by atoms with van der Waals surface area (Å²) >= 11 is 0. The number of allylic oxidation sites excluding steroid dienone is 3. The lowest BCUT2D eigenvalue weighted by molar-refractivity contribution is -0.00570. The van der Waals surface area contributed by atoms with Gasteiger partial charge in [-0.1, -0.05) is 0 Å². The molecule has 0 unspecified atom stereocenters. The van der Waals surface area contributed by atoms with E-state index in [0.29, 0.717) is 0 Å². The third-order valence-corrected chi connectivity index (χ3v) is 2.89. The van der Waals surface area contributed by atoms with E-state index < -0.39 is 29.6 Å². The second-order valence-corrected chi connectivity index (χ2v) is 5.20. The van der Waals surface area contributed by atoms with Gasteiger partial charge in [0.2, 0.25) is 0 Å². The third-order valence-electron chi connectivity index (χ3n) is 2.89. The van der Waals surface area contributed by atoms with E-state index in [9.17, 15) is 17.3 Å². The van der Waals surface area contributed by atoms with Crippen molar-refractivity contribution in [3.8, 4) is 0 Å². The van der Waals surface area contributed by atoms with Crippen LogP contribution in [0.1, 0.15) is 26.2 Å². The molecule has 0 spiro atoms. The Bertz CT molecular complexity index is 514. The van der Waals surface area contributed by atoms with Gasteiger partial charge in [-0.25, -0.2) is 0 Å². The Morgan fingerprint density at radius 1 is 0.800 bits per heavy atom. The van der Waals surface area contributed by atoms with E-state index in [0.717, 1.165) is 12.1 Å². The summed E-state index contributed by atoms with van der Waals surface area (Å²) < 4.78 is 40.4. The minimum atomic E-state index is -2.67. The fraction of sp³-hybridized carbons (Fsp3) is 0.545. The zero-order valence-electron chi connectivity index (χ0n) is 15.9. The highest BCUT2D eigenvalue weighted by atomic mass is 19.1. The van der Waals surface area contributed by atoms with Gasteiger partial charge in [0.05, 0.1) is 6.42 Å². The van der Waals surface area contributed by atoms with Crippen LogP contribution in [0.15, 0.2) is 23.4 Å². The smallest absolute Gasteiger partial charge is 0.398 e. The quantitative estimate of drug-likeness (QED) is 0.0946. The van der Waals surface area contributed by atoms with Gasteiger partial charge in [0, 0.05) is 24.9 Å². The molecule has 0 aromatic carbocycles. The zero-order chi connectivity index (χ0) is 24.3. The van der Waals surface area contributed by atoms with E-state index in [2.05, 4.69) is 22.7 Å². The molecule has 0 bridgehead atoms. The number of hydrogen-bond donors (Lipinski definition) is 8. The van der Waals surface area contributed by atoms with Gasteiger partial charge in [-0.15, -0.1) is 0 Å². The van der Waals surface area contributed by atoms with Crippen molar-refractivity contribution < 1.29 is 62.2 Å². The number of hydrogen-bond acceptors (Lipinski definition) is 9. The molecule has 170 valence electrons. The summed E-state index contributed by atoms with van der Waals surface area (Å²) in [5.74, 6) is 0. The van der Waals surface area contributed by atoms with Crippen molar-refractivity contribution in [1.82, 2.24) is 4.90 Å². The Kier molecular flexibility index (Phi) is 22.6. The van der Waals surface area contributed by atoms with E-state index in [4.69, 9.17) is 45.7 Å². The van der Waals surface area contributed by atoms with Crippen molar-refractivity contribution in [3.05, 3.63) is 29.0 Å². The van der Waals surface area contributed by atoms with Crippen molar-refractivity contribution in [1.29, 1.82) is 0 Å². The molecule has 0 amide bonds. The first-order chi connectivity index (χ1) is 13.7. The number of halogens is 4. The first-order valence-corrected chi connectivity index (χ1v) is 8.09. The molecule has 1 aliphatic carbocycles. The average Bonchev–Trinajstić information content (AvgIpc) is 3.06. The monoisotopic (exact) mass is 445 g/mol. The zero-order valence-corrected chi connectivity index (χ0v) is 15.9. The summed E-state index contributed by atoms with van der Waals surface area (Å²) in [4.78, 5) is 5.65. The van der Waals surface area contributed by atoms with Crippen molar-refractivity contribution in [3.63, 3.8) is 0 Å². The Morgan fingerprint density at radius 2 is 1.13 bits per heavy atom. The first-order valence-electron chi connectivity index (χ1n) is 8.09. The molecule has 2 aliphatic rings. The number of likely N-dealkylation sites (tertiary alicyclic amines) is 1. The van der Waals surface area contributed by atoms with Crippen LogP contribution in [0.3, 0.4) is 0 Å². The molecule has 0 saturated carbocycles. The van der Waals surface area contributed by atoms with Gasteiger partial charge in [-0.05, 0) is 31.4 Å². The van der Waals surface area contributed by atoms with Crippen molar-refractivity contribution in [2.75, 3.05) is 13.1 Å². The van der Waals surface area contributed by atoms with Crippen molar-refractivity contribution in [2.24, 2.45) is 0 Å². The summed E-state index contributed by atoms with van der Waals surface area (Å²) in [6, 6.07) is 0. The predicted octanol–water partition coefficient (Wildman–Crippen LogP) is -2.31. The molecule has 8 N–H and O–H groups in total. The summed E-state index contributed by atoms with van der Waals surface area (Å²) in [6.45, 7) is 4.45. The highest BCUT2D eigenvalue weighted by Crippen LogP contribution is 2.23. The first kappa shape index (κ1) is 33.0. The molecular formula is C11H23B4F4N3O8. The highest BCUT2D eigenvalue weighted by Gasteiger charge is 2.20. The molecule has 1 aliphatic heterocycles. The van der Waals surface area contributed by atoms with E-state index in [1.165, 1.54) is 37.2 Å². The minimum Gasteiger partial charge on any atom is -0.398 e. The normalized spacial score (nSPS) is 13.8. The lowest BCUT2D eigenvalue weighted by Crippen LogP contribution is -2.21. The molecule has 0 aromatic heterocycles. The molecule has 0 aromatic rings. The van der Waals surface area contributed by atoms with Gasteiger partial charge in [0.25, 0.3) is 5.71 Å². The fourth-order valence-electron chi connectivity index (χ4n) is 2.14. The molecule has 11 nitrogen and oxygen atoms in total. The molecule has 1 fully saturated rings. The molecular weight excluding hydrogens is 421 g/mol. The molecule has 1 saturated heterocycles. The van der Waals surface area contributed by atoms with Crippen LogP contribution < -0.4 is 0 Å². The summed E-state index contributed by atoms with van der Waals surface area (Å²) in [6.07, 6.45) is 7.34. The van der Waals surface area contributed by atoms with Crippen LogP contribution in [0.5, 0.6) is 0 Å². The van der Waals surface area contributed by atoms with E-state index in [1.807, 2.05) is 6.08 Å². The minimum absolute atomic E-state index is 0.755. The van der Waals surface area contributed by atoms with Crippen LogP contribution >= 0.6 is 0 Å². The van der Waals surface area contributed by atoms with Gasteiger partial charge in [-0.2, -0.15) is 4.79 Å². The van der Waals surface area contributed by atoms with Gasteiger partial charge in [0.1, 0.15) is 0 Å². The van der Waals surface area contributed by atoms with Crippen LogP contribution in [-0.2, 0) is 0 Å². The Balaban J connectivity index is -0.000000378. The third kappa shape index (κ3) is 28.5. The Labute approximate surface area is 171 Å². The van der Waals surface area contributed by atoms with Crippen LogP contribution in [0.25, 0.3) is 5.53 Å². The standard InChI is InChI=1S/C11H15N3.4BFH2O2/c1-9-8-10(13-12)4-5-11(9)14-6-2-3-7-14;4*2-1(3)4/h4-5H,2-3,6-8H2,1H3;4*3-4H. The molecule has 19 heteroatoms. The average molecular weight is 445 g/mol. The maximum absolute atomic E-state index is 10.1. The van der Waals surface area contributed by atoms with Gasteiger partial charge >= 0.3 is 29.6 Å². The van der Waals surface area contributed by atoms with Crippen LogP contribution in [-0.4, -0.2) is 98.3 Å². The van der Waals surface area contributed by atoms with Crippen molar-refractivity contribution in [2.45, 2.75) is 26.2 Å². The van der Waals surface area contributed by atoms with Crippen LogP contribution in [0.4, 0.5) is 17.3 Å². The topological polar surface area (TPSA) is 201 Å². The van der Waals surface area contributed by atoms with E-state index >= 15 is 0 Å². The molecule has 1 heterocycles. The summed E-state index contributed by atoms with van der Waals surface area (Å²) in [5.41, 5.74) is 12.1. The van der Waals surface area contributed by atoms with Crippen molar-refractivity contribution >= 4 is 35.3 Å². The van der Waals surface area contributed by atoms with Crippen LogP contribution in [0, 0.1) is 0 Å². The summed E-state index contributed by atoms with van der Waals surface area (Å²) in [5, 5.41) is 55.6. The fourth-order valence-corrected chi connectivity index (χ4v) is 2.14. The number of nitrogens with zero attached hydrogens (tertiary/aromatic N) is 3. The Hall–Kier alpha value is -1.68. The lowest BCUT2D eigenvalue weighted by atomic mass is 10.0. The second-order valence-electron chi connectivity index (χ2n) is 5.20. The van der Waals surface area contributed by atoms with Gasteiger partial charge in [-0.3, -0.25) is 17.3 Å². The molecule has 0 atom stereocenters. The largest absolute Gasteiger partial charge is 0.674 e. The van der Waals surface area contributed by atoms with E-state index in [-0.39, 0.29) is 0 Å². The molecule has 2 rings (SSSR count). The van der Waals surface area contributed by atoms with Gasteiger partial charge in [0.15, 0.2) is 0 Å². The van der Waals surface area contributed by atoms with Crippen LogP contribution in [0.2, 0.25) is 0 Å². The van der Waals surface area contributed by atoms with E-state index in [1.54, 1.807) is 0 Å². The molecule has 0 radical (unpaired) electrons. The highest BCUT2D eigenvalue weighted by molar-refractivity contribution is 6.32. The number of rotatable bonds is 1. The maximum Gasteiger partial charge on any atom is 0.674 e. The van der Waals surface area contributed by atoms with Gasteiger partial charge < -0.3 is 50.6 Å². The predicted molar refractivity (Wildman–Crippen MR) is 101 cm³/mol. The molecule has 30 heavy (non-hydrogen) atoms. The maximum atomic E-state index is 10.1. The second kappa shape index (κ2) is 20.6. The Morgan fingerprint density at radius 3 is 1.40 bits per heavy atom. The SMILES string of the molecule is CC1=C(N2CCCC2)C=CC(=[N+]=[N-])C1.OB(O)F.OB(O)F.OB(O)F.OB(O)F. The lowest BCUT2D eigenvalue weighted by Gasteiger charge is -2.22.